The van der Waals surface area contributed by atoms with Gasteiger partial charge in [0.25, 0.3) is 0 Å². The van der Waals surface area contributed by atoms with Gasteiger partial charge in [-0.05, 0) is 43.2 Å². The quantitative estimate of drug-likeness (QED) is 0.858. The Balaban J connectivity index is 2.22. The SMILES string of the molecule is CCCNC1c2ccccc2CCC1SC. The van der Waals surface area contributed by atoms with Crippen molar-refractivity contribution in [1.82, 2.24) is 5.32 Å². The number of rotatable bonds is 4. The number of benzene rings is 1. The lowest BCUT2D eigenvalue weighted by molar-refractivity contribution is 0.473. The average molecular weight is 235 g/mol. The van der Waals surface area contributed by atoms with Crippen LogP contribution in [0.15, 0.2) is 24.3 Å². The lowest BCUT2D eigenvalue weighted by Crippen LogP contribution is -2.34. The van der Waals surface area contributed by atoms with Gasteiger partial charge in [0.05, 0.1) is 0 Å². The fraction of sp³-hybridized carbons (Fsp3) is 0.571. The number of hydrogen-bond donors (Lipinski definition) is 1. The van der Waals surface area contributed by atoms with E-state index in [-0.39, 0.29) is 0 Å². The van der Waals surface area contributed by atoms with E-state index >= 15 is 0 Å². The molecule has 1 aliphatic carbocycles. The normalized spacial score (nSPS) is 24.1. The van der Waals surface area contributed by atoms with Crippen LogP contribution in [0.3, 0.4) is 0 Å². The zero-order chi connectivity index (χ0) is 11.4. The minimum Gasteiger partial charge on any atom is -0.309 e. The van der Waals surface area contributed by atoms with Crippen LogP contribution in [0.5, 0.6) is 0 Å². The van der Waals surface area contributed by atoms with Crippen LogP contribution in [-0.4, -0.2) is 18.1 Å². The van der Waals surface area contributed by atoms with Gasteiger partial charge in [0, 0.05) is 11.3 Å². The van der Waals surface area contributed by atoms with Gasteiger partial charge in [-0.2, -0.15) is 11.8 Å². The third kappa shape index (κ3) is 2.44. The summed E-state index contributed by atoms with van der Waals surface area (Å²) in [5.74, 6) is 0. The predicted molar refractivity (Wildman–Crippen MR) is 73.1 cm³/mol. The molecule has 1 nitrogen and oxygen atoms in total. The molecular formula is C14H21NS. The zero-order valence-corrected chi connectivity index (χ0v) is 11.0. The maximum absolute atomic E-state index is 3.71. The van der Waals surface area contributed by atoms with Gasteiger partial charge < -0.3 is 5.32 Å². The van der Waals surface area contributed by atoms with Crippen LogP contribution in [0.2, 0.25) is 0 Å². The summed E-state index contributed by atoms with van der Waals surface area (Å²) in [5.41, 5.74) is 3.07. The number of nitrogens with one attached hydrogen (secondary N) is 1. The van der Waals surface area contributed by atoms with Gasteiger partial charge in [-0.25, -0.2) is 0 Å². The van der Waals surface area contributed by atoms with Gasteiger partial charge in [0.2, 0.25) is 0 Å². The number of hydrogen-bond acceptors (Lipinski definition) is 2. The second-order valence-corrected chi connectivity index (χ2v) is 5.52. The first kappa shape index (κ1) is 12.0. The molecule has 1 N–H and O–H groups in total. The van der Waals surface area contributed by atoms with Crippen LogP contribution in [-0.2, 0) is 6.42 Å². The van der Waals surface area contributed by atoms with Gasteiger partial charge in [-0.15, -0.1) is 0 Å². The molecule has 1 aromatic carbocycles. The van der Waals surface area contributed by atoms with E-state index < -0.39 is 0 Å². The van der Waals surface area contributed by atoms with Crippen molar-refractivity contribution in [3.63, 3.8) is 0 Å². The van der Waals surface area contributed by atoms with Crippen molar-refractivity contribution < 1.29 is 0 Å². The highest BCUT2D eigenvalue weighted by Crippen LogP contribution is 2.35. The topological polar surface area (TPSA) is 12.0 Å². The van der Waals surface area contributed by atoms with Crippen LogP contribution in [0.1, 0.15) is 36.9 Å². The standard InChI is InChI=1S/C14H21NS/c1-3-10-15-14-12-7-5-4-6-11(12)8-9-13(14)16-2/h4-7,13-15H,3,8-10H2,1-2H3. The van der Waals surface area contributed by atoms with Crippen molar-refractivity contribution in [2.45, 2.75) is 37.5 Å². The highest BCUT2D eigenvalue weighted by Gasteiger charge is 2.27. The van der Waals surface area contributed by atoms with Crippen molar-refractivity contribution in [1.29, 1.82) is 0 Å². The molecule has 0 bridgehead atoms. The van der Waals surface area contributed by atoms with Crippen LogP contribution < -0.4 is 5.32 Å². The fourth-order valence-electron chi connectivity index (χ4n) is 2.53. The third-order valence-corrected chi connectivity index (χ3v) is 4.49. The minimum atomic E-state index is 0.555. The Labute approximate surface area is 103 Å². The van der Waals surface area contributed by atoms with Gasteiger partial charge >= 0.3 is 0 Å². The average Bonchev–Trinajstić information content (AvgIpc) is 2.35. The van der Waals surface area contributed by atoms with Gasteiger partial charge in [-0.3, -0.25) is 0 Å². The van der Waals surface area contributed by atoms with Crippen LogP contribution in [0, 0.1) is 0 Å². The highest BCUT2D eigenvalue weighted by molar-refractivity contribution is 7.99. The molecule has 0 saturated carbocycles. The smallest absolute Gasteiger partial charge is 0.0443 e. The molecule has 1 aromatic rings. The second-order valence-electron chi connectivity index (χ2n) is 4.44. The summed E-state index contributed by atoms with van der Waals surface area (Å²) in [5, 5.41) is 4.45. The Hall–Kier alpha value is -0.470. The Bertz CT molecular complexity index is 337. The van der Waals surface area contributed by atoms with E-state index in [2.05, 4.69) is 42.8 Å². The number of thioether (sulfide) groups is 1. The first-order valence-electron chi connectivity index (χ1n) is 6.20. The van der Waals surface area contributed by atoms with Gasteiger partial charge in [-0.1, -0.05) is 31.2 Å². The van der Waals surface area contributed by atoms with Crippen molar-refractivity contribution in [2.24, 2.45) is 0 Å². The van der Waals surface area contributed by atoms with Crippen molar-refractivity contribution in [3.8, 4) is 0 Å². The molecule has 0 fully saturated rings. The predicted octanol–water partition coefficient (Wildman–Crippen LogP) is 3.41. The van der Waals surface area contributed by atoms with Crippen LogP contribution in [0.25, 0.3) is 0 Å². The molecule has 0 amide bonds. The maximum Gasteiger partial charge on any atom is 0.0443 e. The molecule has 2 heteroatoms. The first-order chi connectivity index (χ1) is 7.86. The minimum absolute atomic E-state index is 0.555. The Morgan fingerprint density at radius 2 is 2.19 bits per heavy atom. The molecule has 2 atom stereocenters. The number of aryl methyl sites for hydroxylation is 1. The summed E-state index contributed by atoms with van der Waals surface area (Å²) in [6, 6.07) is 9.47. The molecular weight excluding hydrogens is 214 g/mol. The van der Waals surface area contributed by atoms with Crippen LogP contribution >= 0.6 is 11.8 Å². The summed E-state index contributed by atoms with van der Waals surface area (Å²) in [6.07, 6.45) is 5.99. The molecule has 0 aromatic heterocycles. The zero-order valence-electron chi connectivity index (χ0n) is 10.2. The Kier molecular flexibility index (Phi) is 4.30. The second kappa shape index (κ2) is 5.74. The lowest BCUT2D eigenvalue weighted by atomic mass is 9.87. The summed E-state index contributed by atoms with van der Waals surface area (Å²) in [7, 11) is 0. The molecule has 0 spiro atoms. The lowest BCUT2D eigenvalue weighted by Gasteiger charge is -2.33. The molecule has 2 unspecified atom stereocenters. The molecule has 1 aliphatic rings. The van der Waals surface area contributed by atoms with Crippen molar-refractivity contribution in [2.75, 3.05) is 12.8 Å². The van der Waals surface area contributed by atoms with E-state index in [1.807, 2.05) is 11.8 Å². The molecule has 88 valence electrons. The third-order valence-electron chi connectivity index (χ3n) is 3.38. The fourth-order valence-corrected chi connectivity index (χ4v) is 3.39. The summed E-state index contributed by atoms with van der Waals surface area (Å²) in [6.45, 7) is 3.35. The molecule has 0 saturated heterocycles. The van der Waals surface area contributed by atoms with Crippen LogP contribution in [0.4, 0.5) is 0 Å². The van der Waals surface area contributed by atoms with E-state index in [1.165, 1.54) is 24.8 Å². The Morgan fingerprint density at radius 3 is 2.94 bits per heavy atom. The van der Waals surface area contributed by atoms with Gasteiger partial charge in [0.15, 0.2) is 0 Å². The Morgan fingerprint density at radius 1 is 1.38 bits per heavy atom. The largest absolute Gasteiger partial charge is 0.309 e. The summed E-state index contributed by atoms with van der Waals surface area (Å²) >= 11 is 2.01. The molecule has 2 rings (SSSR count). The van der Waals surface area contributed by atoms with Gasteiger partial charge in [0.1, 0.15) is 0 Å². The van der Waals surface area contributed by atoms with E-state index in [0.29, 0.717) is 6.04 Å². The summed E-state index contributed by atoms with van der Waals surface area (Å²) < 4.78 is 0. The summed E-state index contributed by atoms with van der Waals surface area (Å²) in [4.78, 5) is 0. The molecule has 0 heterocycles. The monoisotopic (exact) mass is 235 g/mol. The van der Waals surface area contributed by atoms with E-state index in [4.69, 9.17) is 0 Å². The van der Waals surface area contributed by atoms with E-state index in [9.17, 15) is 0 Å². The maximum atomic E-state index is 3.71. The molecule has 0 radical (unpaired) electrons. The molecule has 0 aliphatic heterocycles. The van der Waals surface area contributed by atoms with Crippen molar-refractivity contribution >= 4 is 11.8 Å². The van der Waals surface area contributed by atoms with E-state index in [0.717, 1.165) is 11.8 Å². The molecule has 16 heavy (non-hydrogen) atoms. The van der Waals surface area contributed by atoms with E-state index in [1.54, 1.807) is 5.56 Å². The van der Waals surface area contributed by atoms with Crippen molar-refractivity contribution in [3.05, 3.63) is 35.4 Å². The first-order valence-corrected chi connectivity index (χ1v) is 7.49. The highest BCUT2D eigenvalue weighted by atomic mass is 32.2. The number of fused-ring (bicyclic) bond motifs is 1.